The van der Waals surface area contributed by atoms with Gasteiger partial charge in [-0.25, -0.2) is 19.6 Å². The molecule has 4 aromatic rings. The third-order valence-electron chi connectivity index (χ3n) is 3.79. The number of carbonyl (C=O) groups is 2. The predicted octanol–water partition coefficient (Wildman–Crippen LogP) is 1.17. The van der Waals surface area contributed by atoms with E-state index in [-0.39, 0.29) is 24.3 Å². The normalized spacial score (nSPS) is 11.3. The van der Waals surface area contributed by atoms with E-state index in [2.05, 4.69) is 9.97 Å². The standard InChI is InChI=1S/C18H12N4O6S2/c23-13-7-11(19-17-21(13)3-5-29-17)9-27-15(25)1-2-16(26)28-10-12-8-14(24)22-4-6-30-18(22)20-12/h1-8H,9-10H2. The van der Waals surface area contributed by atoms with Gasteiger partial charge in [-0.1, -0.05) is 0 Å². The summed E-state index contributed by atoms with van der Waals surface area (Å²) in [6.45, 7) is -0.424. The first kappa shape index (κ1) is 19.7. The largest absolute Gasteiger partial charge is 0.456 e. The number of fused-ring (bicyclic) bond motifs is 2. The molecule has 0 bridgehead atoms. The van der Waals surface area contributed by atoms with Crippen molar-refractivity contribution in [3.8, 4) is 0 Å². The Bertz CT molecular complexity index is 1290. The van der Waals surface area contributed by atoms with Crippen LogP contribution in [0.1, 0.15) is 11.4 Å². The van der Waals surface area contributed by atoms with Gasteiger partial charge in [0.2, 0.25) is 0 Å². The number of nitrogens with zero attached hydrogens (tertiary/aromatic N) is 4. The molecule has 4 aromatic heterocycles. The quantitative estimate of drug-likeness (QED) is 0.321. The van der Waals surface area contributed by atoms with E-state index < -0.39 is 11.9 Å². The van der Waals surface area contributed by atoms with E-state index in [0.717, 1.165) is 12.2 Å². The van der Waals surface area contributed by atoms with Gasteiger partial charge in [-0.05, 0) is 0 Å². The highest BCUT2D eigenvalue weighted by molar-refractivity contribution is 7.15. The van der Waals surface area contributed by atoms with Crippen LogP contribution >= 0.6 is 22.7 Å². The lowest BCUT2D eigenvalue weighted by molar-refractivity contribution is -0.141. The highest BCUT2D eigenvalue weighted by Crippen LogP contribution is 2.08. The summed E-state index contributed by atoms with van der Waals surface area (Å²) < 4.78 is 12.7. The molecule has 4 heterocycles. The number of ether oxygens (including phenoxy) is 2. The van der Waals surface area contributed by atoms with Crippen LogP contribution in [0, 0.1) is 0 Å². The van der Waals surface area contributed by atoms with Gasteiger partial charge in [-0.15, -0.1) is 22.7 Å². The Morgan fingerprint density at radius 1 is 0.833 bits per heavy atom. The Hall–Kier alpha value is -3.64. The molecule has 4 rings (SSSR count). The minimum Gasteiger partial charge on any atom is -0.456 e. The van der Waals surface area contributed by atoms with Crippen molar-refractivity contribution in [1.82, 2.24) is 18.8 Å². The van der Waals surface area contributed by atoms with Crippen LogP contribution in [0.25, 0.3) is 9.92 Å². The smallest absolute Gasteiger partial charge is 0.331 e. The van der Waals surface area contributed by atoms with Crippen molar-refractivity contribution in [2.24, 2.45) is 0 Å². The van der Waals surface area contributed by atoms with Crippen molar-refractivity contribution in [2.75, 3.05) is 0 Å². The fourth-order valence-electron chi connectivity index (χ4n) is 2.45. The monoisotopic (exact) mass is 444 g/mol. The van der Waals surface area contributed by atoms with Crippen molar-refractivity contribution < 1.29 is 19.1 Å². The summed E-state index contributed by atoms with van der Waals surface area (Å²) >= 11 is 2.56. The van der Waals surface area contributed by atoms with Gasteiger partial charge in [-0.2, -0.15) is 0 Å². The van der Waals surface area contributed by atoms with Crippen molar-refractivity contribution >= 4 is 44.5 Å². The first-order valence-electron chi connectivity index (χ1n) is 8.43. The molecule has 0 saturated heterocycles. The lowest BCUT2D eigenvalue weighted by Crippen LogP contribution is -2.14. The molecule has 0 aliphatic heterocycles. The van der Waals surface area contributed by atoms with Gasteiger partial charge in [-0.3, -0.25) is 18.4 Å². The fraction of sp³-hybridized carbons (Fsp3) is 0.111. The molecule has 0 N–H and O–H groups in total. The van der Waals surface area contributed by atoms with E-state index in [0.29, 0.717) is 21.3 Å². The summed E-state index contributed by atoms with van der Waals surface area (Å²) in [5.41, 5.74) is 0.0435. The summed E-state index contributed by atoms with van der Waals surface area (Å²) in [6, 6.07) is 2.54. The molecule has 0 amide bonds. The number of carbonyl (C=O) groups excluding carboxylic acids is 2. The van der Waals surface area contributed by atoms with E-state index in [9.17, 15) is 19.2 Å². The van der Waals surface area contributed by atoms with Crippen molar-refractivity contribution in [3.63, 3.8) is 0 Å². The number of esters is 2. The molecule has 0 unspecified atom stereocenters. The molecule has 10 nitrogen and oxygen atoms in total. The van der Waals surface area contributed by atoms with Crippen LogP contribution in [-0.2, 0) is 32.3 Å². The molecule has 0 aliphatic carbocycles. The molecule has 30 heavy (non-hydrogen) atoms. The summed E-state index contributed by atoms with van der Waals surface area (Å²) in [7, 11) is 0. The third-order valence-corrected chi connectivity index (χ3v) is 5.31. The zero-order chi connectivity index (χ0) is 21.1. The second-order valence-corrected chi connectivity index (χ2v) is 7.58. The zero-order valence-corrected chi connectivity index (χ0v) is 16.7. The number of rotatable bonds is 6. The molecule has 12 heteroatoms. The molecule has 152 valence electrons. The lowest BCUT2D eigenvalue weighted by atomic mass is 10.4. The van der Waals surface area contributed by atoms with Gasteiger partial charge in [0.1, 0.15) is 13.2 Å². The molecule has 0 aromatic carbocycles. The van der Waals surface area contributed by atoms with Gasteiger partial charge in [0.05, 0.1) is 11.4 Å². The van der Waals surface area contributed by atoms with E-state index >= 15 is 0 Å². The average Bonchev–Trinajstić information content (AvgIpc) is 3.39. The molecule has 0 spiro atoms. The van der Waals surface area contributed by atoms with Gasteiger partial charge < -0.3 is 9.47 Å². The van der Waals surface area contributed by atoms with E-state index in [1.807, 2.05) is 0 Å². The predicted molar refractivity (Wildman–Crippen MR) is 107 cm³/mol. The molecular weight excluding hydrogens is 432 g/mol. The minimum atomic E-state index is -0.795. The number of hydrogen-bond acceptors (Lipinski definition) is 10. The maximum atomic E-state index is 11.9. The molecule has 0 saturated carbocycles. The Balaban J connectivity index is 1.30. The first-order valence-corrected chi connectivity index (χ1v) is 10.2. The Morgan fingerprint density at radius 2 is 1.27 bits per heavy atom. The van der Waals surface area contributed by atoms with Crippen molar-refractivity contribution in [2.45, 2.75) is 13.2 Å². The van der Waals surface area contributed by atoms with Crippen LogP contribution in [0.15, 0.2) is 57.0 Å². The van der Waals surface area contributed by atoms with Crippen molar-refractivity contribution in [3.05, 3.63) is 79.5 Å². The summed E-state index contributed by atoms with van der Waals surface area (Å²) in [5.74, 6) is -1.59. The first-order chi connectivity index (χ1) is 14.5. The van der Waals surface area contributed by atoms with Gasteiger partial charge in [0, 0.05) is 47.4 Å². The van der Waals surface area contributed by atoms with Crippen LogP contribution in [0.2, 0.25) is 0 Å². The molecule has 0 fully saturated rings. The average molecular weight is 444 g/mol. The molecular formula is C18H12N4O6S2. The van der Waals surface area contributed by atoms with E-state index in [1.54, 1.807) is 23.2 Å². The molecule has 0 atom stereocenters. The zero-order valence-electron chi connectivity index (χ0n) is 15.1. The highest BCUT2D eigenvalue weighted by Gasteiger charge is 2.08. The lowest BCUT2D eigenvalue weighted by Gasteiger charge is -2.03. The highest BCUT2D eigenvalue weighted by atomic mass is 32.1. The Labute approximate surface area is 175 Å². The second-order valence-electron chi connectivity index (χ2n) is 5.83. The van der Waals surface area contributed by atoms with E-state index in [4.69, 9.17) is 9.47 Å². The van der Waals surface area contributed by atoms with Gasteiger partial charge in [0.15, 0.2) is 9.92 Å². The third kappa shape index (κ3) is 4.34. The van der Waals surface area contributed by atoms with Crippen LogP contribution in [-0.4, -0.2) is 30.7 Å². The van der Waals surface area contributed by atoms with Gasteiger partial charge in [0.25, 0.3) is 11.1 Å². The van der Waals surface area contributed by atoms with Crippen LogP contribution in [0.5, 0.6) is 0 Å². The minimum absolute atomic E-state index is 0.212. The Kier molecular flexibility index (Phi) is 5.50. The number of hydrogen-bond donors (Lipinski definition) is 0. The molecule has 0 aliphatic rings. The number of thiazole rings is 2. The van der Waals surface area contributed by atoms with Crippen LogP contribution in [0.4, 0.5) is 0 Å². The topological polar surface area (TPSA) is 121 Å². The summed E-state index contributed by atoms with van der Waals surface area (Å²) in [4.78, 5) is 56.7. The van der Waals surface area contributed by atoms with Crippen molar-refractivity contribution in [1.29, 1.82) is 0 Å². The Morgan fingerprint density at radius 3 is 1.70 bits per heavy atom. The van der Waals surface area contributed by atoms with Crippen LogP contribution < -0.4 is 11.1 Å². The summed E-state index contributed by atoms with van der Waals surface area (Å²) in [6.07, 6.45) is 5.02. The van der Waals surface area contributed by atoms with Gasteiger partial charge >= 0.3 is 11.9 Å². The summed E-state index contributed by atoms with van der Waals surface area (Å²) in [5, 5.41) is 3.44. The SMILES string of the molecule is O=C(C=CC(=O)OCc1cc(=O)n2ccsc2n1)OCc1cc(=O)n2ccsc2n1. The second kappa shape index (κ2) is 8.39. The fourth-order valence-corrected chi connectivity index (χ4v) is 3.92. The van der Waals surface area contributed by atoms with Crippen LogP contribution in [0.3, 0.4) is 0 Å². The molecule has 0 radical (unpaired) electrons. The number of aromatic nitrogens is 4. The maximum absolute atomic E-state index is 11.9. The maximum Gasteiger partial charge on any atom is 0.331 e. The van der Waals surface area contributed by atoms with E-state index in [1.165, 1.54) is 43.6 Å².